The summed E-state index contributed by atoms with van der Waals surface area (Å²) in [6, 6.07) is 25.6. The number of amides is 2. The van der Waals surface area contributed by atoms with Crippen LogP contribution in [-0.2, 0) is 31.9 Å². The van der Waals surface area contributed by atoms with E-state index < -0.39 is 35.5 Å². The summed E-state index contributed by atoms with van der Waals surface area (Å²) < 4.78 is 11.2. The summed E-state index contributed by atoms with van der Waals surface area (Å²) in [5.41, 5.74) is 5.97. The number of carbonyl (C=O) groups is 4. The third kappa shape index (κ3) is 9.81. The predicted octanol–water partition coefficient (Wildman–Crippen LogP) is 10.4. The molecule has 2 unspecified atom stereocenters. The fraction of sp³-hybridized carbons (Fsp3) is 0.551. The van der Waals surface area contributed by atoms with Crippen molar-refractivity contribution in [1.29, 1.82) is 0 Å². The van der Waals surface area contributed by atoms with Crippen LogP contribution in [0.15, 0.2) is 72.8 Å². The molecular weight excluding hydrogens is 713 g/mol. The molecule has 2 saturated heterocycles. The number of ether oxygens (including phenoxy) is 2. The first-order valence-electron chi connectivity index (χ1n) is 21.5. The van der Waals surface area contributed by atoms with Crippen molar-refractivity contribution >= 4 is 23.8 Å². The molecule has 3 aromatic carbocycles. The SMILES string of the molecule is CC(C)(C)OC(=O)N1CCC[C@H]1C(=O)Cc1ccc(C2C(c3ccc(CC(=O)[C@@H]4CCCN4C(=O)OC(C)(C)C)cc3)C2c2ccc(C3CCCCC3)cc2)cc1. The van der Waals surface area contributed by atoms with Crippen LogP contribution >= 0.6 is 0 Å². The summed E-state index contributed by atoms with van der Waals surface area (Å²) >= 11 is 0. The Morgan fingerprint density at radius 1 is 0.491 bits per heavy atom. The smallest absolute Gasteiger partial charge is 0.410 e. The lowest BCUT2D eigenvalue weighted by Gasteiger charge is -2.28. The number of carbonyl (C=O) groups excluding carboxylic acids is 4. The van der Waals surface area contributed by atoms with E-state index in [9.17, 15) is 19.2 Å². The molecule has 2 saturated carbocycles. The molecule has 0 radical (unpaired) electrons. The van der Waals surface area contributed by atoms with Crippen LogP contribution in [0, 0.1) is 0 Å². The largest absolute Gasteiger partial charge is 0.444 e. The number of Topliss-reactive ketones (excluding diaryl/α,β-unsaturated/α-hetero) is 2. The van der Waals surface area contributed by atoms with E-state index in [1.54, 1.807) is 9.80 Å². The maximum absolute atomic E-state index is 13.5. The number of benzene rings is 3. The monoisotopic (exact) mass is 774 g/mol. The van der Waals surface area contributed by atoms with Crippen molar-refractivity contribution in [3.63, 3.8) is 0 Å². The van der Waals surface area contributed by atoms with Gasteiger partial charge in [-0.2, -0.15) is 0 Å². The van der Waals surface area contributed by atoms with Crippen molar-refractivity contribution in [2.24, 2.45) is 0 Å². The molecule has 2 amide bonds. The Balaban J connectivity index is 1.06. The lowest BCUT2D eigenvalue weighted by molar-refractivity contribution is -0.123. The highest BCUT2D eigenvalue weighted by molar-refractivity contribution is 5.90. The third-order valence-electron chi connectivity index (χ3n) is 12.4. The van der Waals surface area contributed by atoms with Crippen molar-refractivity contribution in [2.75, 3.05) is 13.1 Å². The van der Waals surface area contributed by atoms with Gasteiger partial charge < -0.3 is 9.47 Å². The molecule has 4 aliphatic rings. The molecule has 57 heavy (non-hydrogen) atoms. The van der Waals surface area contributed by atoms with Crippen LogP contribution in [-0.4, -0.2) is 69.9 Å². The van der Waals surface area contributed by atoms with Gasteiger partial charge in [0.25, 0.3) is 0 Å². The van der Waals surface area contributed by atoms with Gasteiger partial charge in [0.15, 0.2) is 11.6 Å². The maximum Gasteiger partial charge on any atom is 0.410 e. The molecule has 304 valence electrons. The number of nitrogens with zero attached hydrogens (tertiary/aromatic N) is 2. The topological polar surface area (TPSA) is 93.2 Å². The minimum atomic E-state index is -0.609. The lowest BCUT2D eigenvalue weighted by Crippen LogP contribution is -2.43. The van der Waals surface area contributed by atoms with Gasteiger partial charge in [-0.1, -0.05) is 92.1 Å². The highest BCUT2D eigenvalue weighted by atomic mass is 16.6. The summed E-state index contributed by atoms with van der Waals surface area (Å²) in [5.74, 6) is 1.63. The van der Waals surface area contributed by atoms with Crippen molar-refractivity contribution in [3.05, 3.63) is 106 Å². The molecule has 8 nitrogen and oxygen atoms in total. The van der Waals surface area contributed by atoms with Gasteiger partial charge in [-0.05, 0) is 137 Å². The van der Waals surface area contributed by atoms with E-state index in [1.165, 1.54) is 54.4 Å². The molecule has 4 atom stereocenters. The van der Waals surface area contributed by atoms with Gasteiger partial charge in [0, 0.05) is 25.9 Å². The number of hydrogen-bond acceptors (Lipinski definition) is 6. The first kappa shape index (κ1) is 40.7. The van der Waals surface area contributed by atoms with Crippen LogP contribution in [0.4, 0.5) is 9.59 Å². The standard InChI is InChI=1S/C49H62N2O6/c1-48(2,3)56-46(54)50-28-10-14-39(50)41(52)30-32-16-20-36(21-17-32)43-44(45(43)38-26-24-35(25-27-38)34-12-8-7-9-13-34)37-22-18-33(19-23-37)31-42(53)40-15-11-29-51(40)47(55)57-49(4,5)6/h16-27,34,39-40,43-45H,7-15,28-31H2,1-6H3/t39-,40-,43?,44?,45?/m0/s1. The molecule has 8 heteroatoms. The van der Waals surface area contributed by atoms with Crippen LogP contribution in [0.3, 0.4) is 0 Å². The van der Waals surface area contributed by atoms with E-state index in [4.69, 9.17) is 9.47 Å². The first-order chi connectivity index (χ1) is 27.1. The van der Waals surface area contributed by atoms with Gasteiger partial charge in [-0.25, -0.2) is 9.59 Å². The van der Waals surface area contributed by atoms with Crippen LogP contribution in [0.1, 0.15) is 156 Å². The zero-order chi connectivity index (χ0) is 40.5. The van der Waals surface area contributed by atoms with Crippen LogP contribution < -0.4 is 0 Å². The van der Waals surface area contributed by atoms with E-state index in [-0.39, 0.29) is 36.2 Å². The second-order valence-corrected chi connectivity index (χ2v) is 19.0. The Bertz CT molecular complexity index is 1790. The number of rotatable bonds is 10. The Morgan fingerprint density at radius 2 is 0.842 bits per heavy atom. The van der Waals surface area contributed by atoms with Crippen LogP contribution in [0.5, 0.6) is 0 Å². The van der Waals surface area contributed by atoms with Crippen molar-refractivity contribution in [1.82, 2.24) is 9.80 Å². The molecule has 3 aromatic rings. The highest BCUT2D eigenvalue weighted by Gasteiger charge is 2.52. The Hall–Kier alpha value is -4.46. The van der Waals surface area contributed by atoms with E-state index in [0.29, 0.717) is 37.8 Å². The second-order valence-electron chi connectivity index (χ2n) is 19.0. The molecule has 4 fully saturated rings. The molecule has 0 aromatic heterocycles. The fourth-order valence-electron chi connectivity index (χ4n) is 9.62. The summed E-state index contributed by atoms with van der Waals surface area (Å²) in [7, 11) is 0. The van der Waals surface area contributed by atoms with E-state index >= 15 is 0 Å². The molecule has 2 aliphatic carbocycles. The van der Waals surface area contributed by atoms with Crippen molar-refractivity contribution in [2.45, 2.75) is 159 Å². The zero-order valence-corrected chi connectivity index (χ0v) is 34.9. The zero-order valence-electron chi connectivity index (χ0n) is 34.9. The lowest BCUT2D eigenvalue weighted by atomic mass is 9.83. The fourth-order valence-corrected chi connectivity index (χ4v) is 9.62. The summed E-state index contributed by atoms with van der Waals surface area (Å²) in [5, 5.41) is 0. The summed E-state index contributed by atoms with van der Waals surface area (Å²) in [4.78, 5) is 56.0. The minimum Gasteiger partial charge on any atom is -0.444 e. The molecule has 2 aliphatic heterocycles. The molecular formula is C49H62N2O6. The molecule has 0 N–H and O–H groups in total. The maximum atomic E-state index is 13.5. The second kappa shape index (κ2) is 16.8. The van der Waals surface area contributed by atoms with Gasteiger partial charge in [-0.15, -0.1) is 0 Å². The van der Waals surface area contributed by atoms with Gasteiger partial charge in [-0.3, -0.25) is 19.4 Å². The molecule has 2 heterocycles. The van der Waals surface area contributed by atoms with Gasteiger partial charge in [0.2, 0.25) is 0 Å². The minimum absolute atomic E-state index is 0.0513. The number of hydrogen-bond donors (Lipinski definition) is 0. The van der Waals surface area contributed by atoms with Crippen molar-refractivity contribution < 1.29 is 28.7 Å². The molecule has 0 spiro atoms. The quantitative estimate of drug-likeness (QED) is 0.204. The number of ketones is 2. The first-order valence-corrected chi connectivity index (χ1v) is 21.5. The number of likely N-dealkylation sites (tertiary alicyclic amines) is 2. The van der Waals surface area contributed by atoms with E-state index in [1.807, 2.05) is 41.5 Å². The van der Waals surface area contributed by atoms with Crippen LogP contribution in [0.25, 0.3) is 0 Å². The van der Waals surface area contributed by atoms with Crippen molar-refractivity contribution in [3.8, 4) is 0 Å². The average molecular weight is 775 g/mol. The third-order valence-corrected chi connectivity index (χ3v) is 12.4. The highest BCUT2D eigenvalue weighted by Crippen LogP contribution is 2.66. The average Bonchev–Trinajstić information content (AvgIpc) is 3.46. The Labute approximate surface area is 339 Å². The predicted molar refractivity (Wildman–Crippen MR) is 223 cm³/mol. The van der Waals surface area contributed by atoms with Crippen LogP contribution in [0.2, 0.25) is 0 Å². The summed E-state index contributed by atoms with van der Waals surface area (Å²) in [6.45, 7) is 12.2. The van der Waals surface area contributed by atoms with Gasteiger partial charge >= 0.3 is 12.2 Å². The van der Waals surface area contributed by atoms with E-state index in [2.05, 4.69) is 72.8 Å². The Kier molecular flexibility index (Phi) is 12.0. The molecule has 7 rings (SSSR count). The van der Waals surface area contributed by atoms with Gasteiger partial charge in [0.05, 0.1) is 12.1 Å². The normalized spacial score (nSPS) is 24.0. The Morgan fingerprint density at radius 3 is 1.21 bits per heavy atom. The summed E-state index contributed by atoms with van der Waals surface area (Å²) in [6.07, 6.45) is 9.18. The van der Waals surface area contributed by atoms with Gasteiger partial charge in [0.1, 0.15) is 11.2 Å². The van der Waals surface area contributed by atoms with E-state index in [0.717, 1.165) is 24.0 Å². The molecule has 0 bridgehead atoms.